The summed E-state index contributed by atoms with van der Waals surface area (Å²) in [4.78, 5) is 11.0. The van der Waals surface area contributed by atoms with Gasteiger partial charge in [0.2, 0.25) is 0 Å². The van der Waals surface area contributed by atoms with Crippen LogP contribution in [0.15, 0.2) is 0 Å². The van der Waals surface area contributed by atoms with Gasteiger partial charge >= 0.3 is 5.97 Å². The van der Waals surface area contributed by atoms with Crippen molar-refractivity contribution in [2.24, 2.45) is 5.92 Å². The number of carboxylic acid groups (broad SMARTS) is 1. The molecule has 0 aromatic heterocycles. The molecule has 3 heteroatoms. The van der Waals surface area contributed by atoms with E-state index in [1.54, 1.807) is 0 Å². The summed E-state index contributed by atoms with van der Waals surface area (Å²) in [5.74, 6) is 0.0925. The summed E-state index contributed by atoms with van der Waals surface area (Å²) in [6, 6.07) is 0. The lowest BCUT2D eigenvalue weighted by Crippen LogP contribution is -2.58. The highest BCUT2D eigenvalue weighted by Crippen LogP contribution is 2.33. The number of nitrogens with one attached hydrogen (secondary N) is 1. The Morgan fingerprint density at radius 1 is 1.38 bits per heavy atom. The minimum absolute atomic E-state index is 0.546. The molecule has 0 radical (unpaired) electrons. The first-order chi connectivity index (χ1) is 6.23. The Balaban J connectivity index is 1.80. The summed E-state index contributed by atoms with van der Waals surface area (Å²) < 4.78 is 0. The lowest BCUT2D eigenvalue weighted by atomic mass is 9.75. The molecule has 2 fully saturated rings. The Hall–Kier alpha value is -0.570. The van der Waals surface area contributed by atoms with E-state index in [0.29, 0.717) is 0 Å². The van der Waals surface area contributed by atoms with Crippen molar-refractivity contribution in [2.45, 2.75) is 44.1 Å². The SMILES string of the molecule is O=C(O)C1(NCC2CCC2)CCC1. The Morgan fingerprint density at radius 3 is 2.38 bits per heavy atom. The van der Waals surface area contributed by atoms with Crippen LogP contribution in [0, 0.1) is 5.92 Å². The van der Waals surface area contributed by atoms with Crippen LogP contribution < -0.4 is 5.32 Å². The second-order valence-corrected chi connectivity index (χ2v) is 4.42. The molecule has 0 bridgehead atoms. The molecule has 2 saturated carbocycles. The predicted molar refractivity (Wildman–Crippen MR) is 49.6 cm³/mol. The molecule has 2 N–H and O–H groups in total. The third-order valence-corrected chi connectivity index (χ3v) is 3.57. The lowest BCUT2D eigenvalue weighted by molar-refractivity contribution is -0.149. The molecule has 0 spiro atoms. The molecule has 3 nitrogen and oxygen atoms in total. The van der Waals surface area contributed by atoms with Crippen molar-refractivity contribution in [3.8, 4) is 0 Å². The van der Waals surface area contributed by atoms with Gasteiger partial charge < -0.3 is 10.4 Å². The van der Waals surface area contributed by atoms with Crippen LogP contribution in [0.2, 0.25) is 0 Å². The van der Waals surface area contributed by atoms with Crippen LogP contribution in [-0.2, 0) is 4.79 Å². The Labute approximate surface area is 78.5 Å². The molecule has 0 amide bonds. The van der Waals surface area contributed by atoms with Gasteiger partial charge in [0.05, 0.1) is 0 Å². The fourth-order valence-electron chi connectivity index (χ4n) is 2.03. The van der Waals surface area contributed by atoms with E-state index in [-0.39, 0.29) is 0 Å². The van der Waals surface area contributed by atoms with Gasteiger partial charge in [-0.1, -0.05) is 6.42 Å². The molecular weight excluding hydrogens is 166 g/mol. The van der Waals surface area contributed by atoms with Crippen molar-refractivity contribution >= 4 is 5.97 Å². The molecule has 0 saturated heterocycles. The van der Waals surface area contributed by atoms with Gasteiger partial charge in [0.25, 0.3) is 0 Å². The third kappa shape index (κ3) is 1.57. The minimum atomic E-state index is -0.655. The Bertz CT molecular complexity index is 207. The van der Waals surface area contributed by atoms with E-state index >= 15 is 0 Å². The largest absolute Gasteiger partial charge is 0.480 e. The first-order valence-electron chi connectivity index (χ1n) is 5.21. The summed E-state index contributed by atoms with van der Waals surface area (Å²) in [6.07, 6.45) is 6.58. The number of carboxylic acids is 1. The van der Waals surface area contributed by atoms with E-state index in [2.05, 4.69) is 5.32 Å². The number of rotatable bonds is 4. The molecule has 0 unspecified atom stereocenters. The van der Waals surface area contributed by atoms with Crippen LogP contribution in [0.3, 0.4) is 0 Å². The van der Waals surface area contributed by atoms with Crippen molar-refractivity contribution in [3.05, 3.63) is 0 Å². The Morgan fingerprint density at radius 2 is 2.08 bits per heavy atom. The van der Waals surface area contributed by atoms with E-state index in [1.807, 2.05) is 0 Å². The molecule has 0 aromatic carbocycles. The first kappa shape index (κ1) is 9.00. The molecule has 0 atom stereocenters. The van der Waals surface area contributed by atoms with Gasteiger partial charge in [-0.05, 0) is 44.6 Å². The van der Waals surface area contributed by atoms with E-state index in [4.69, 9.17) is 5.11 Å². The molecular formula is C10H17NO2. The molecule has 2 rings (SSSR count). The van der Waals surface area contributed by atoms with Gasteiger partial charge in [0.1, 0.15) is 5.54 Å². The van der Waals surface area contributed by atoms with Gasteiger partial charge in [-0.15, -0.1) is 0 Å². The average Bonchev–Trinajstić information content (AvgIpc) is 1.89. The van der Waals surface area contributed by atoms with Crippen molar-refractivity contribution in [1.29, 1.82) is 0 Å². The normalized spacial score (nSPS) is 26.2. The van der Waals surface area contributed by atoms with Crippen LogP contribution in [0.5, 0.6) is 0 Å². The van der Waals surface area contributed by atoms with Gasteiger partial charge in [0.15, 0.2) is 0 Å². The number of hydrogen-bond acceptors (Lipinski definition) is 2. The smallest absolute Gasteiger partial charge is 0.323 e. The molecule has 2 aliphatic carbocycles. The first-order valence-corrected chi connectivity index (χ1v) is 5.21. The number of carbonyl (C=O) groups is 1. The van der Waals surface area contributed by atoms with E-state index in [9.17, 15) is 4.79 Å². The fraction of sp³-hybridized carbons (Fsp3) is 0.900. The van der Waals surface area contributed by atoms with Gasteiger partial charge in [0, 0.05) is 0 Å². The summed E-state index contributed by atoms with van der Waals surface area (Å²) >= 11 is 0. The second kappa shape index (κ2) is 3.29. The standard InChI is InChI=1S/C10H17NO2/c12-9(13)10(5-2-6-10)11-7-8-3-1-4-8/h8,11H,1-7H2,(H,12,13). The highest BCUT2D eigenvalue weighted by Gasteiger charge is 2.44. The maximum absolute atomic E-state index is 11.0. The monoisotopic (exact) mass is 183 g/mol. The molecule has 13 heavy (non-hydrogen) atoms. The van der Waals surface area contributed by atoms with Crippen LogP contribution in [-0.4, -0.2) is 23.2 Å². The summed E-state index contributed by atoms with van der Waals surface area (Å²) in [5.41, 5.74) is -0.546. The zero-order chi connectivity index (χ0) is 9.31. The zero-order valence-electron chi connectivity index (χ0n) is 7.88. The maximum atomic E-state index is 11.0. The molecule has 0 aliphatic heterocycles. The van der Waals surface area contributed by atoms with Crippen LogP contribution in [0.1, 0.15) is 38.5 Å². The van der Waals surface area contributed by atoms with Crippen LogP contribution >= 0.6 is 0 Å². The van der Waals surface area contributed by atoms with E-state index < -0.39 is 11.5 Å². The van der Waals surface area contributed by atoms with Gasteiger partial charge in [-0.3, -0.25) is 4.79 Å². The third-order valence-electron chi connectivity index (χ3n) is 3.57. The van der Waals surface area contributed by atoms with E-state index in [0.717, 1.165) is 31.7 Å². The fourth-order valence-corrected chi connectivity index (χ4v) is 2.03. The van der Waals surface area contributed by atoms with E-state index in [1.165, 1.54) is 19.3 Å². The topological polar surface area (TPSA) is 49.3 Å². The summed E-state index contributed by atoms with van der Waals surface area (Å²) in [7, 11) is 0. The summed E-state index contributed by atoms with van der Waals surface area (Å²) in [6.45, 7) is 0.909. The Kier molecular flexibility index (Phi) is 2.28. The highest BCUT2D eigenvalue weighted by atomic mass is 16.4. The lowest BCUT2D eigenvalue weighted by Gasteiger charge is -2.40. The van der Waals surface area contributed by atoms with Crippen molar-refractivity contribution in [1.82, 2.24) is 5.32 Å². The van der Waals surface area contributed by atoms with Crippen molar-refractivity contribution in [2.75, 3.05) is 6.54 Å². The molecule has 0 aromatic rings. The number of aliphatic carboxylic acids is 1. The molecule has 74 valence electrons. The number of hydrogen-bond donors (Lipinski definition) is 2. The maximum Gasteiger partial charge on any atom is 0.323 e. The van der Waals surface area contributed by atoms with Gasteiger partial charge in [-0.2, -0.15) is 0 Å². The zero-order valence-corrected chi connectivity index (χ0v) is 7.88. The van der Waals surface area contributed by atoms with Crippen LogP contribution in [0.4, 0.5) is 0 Å². The molecule has 2 aliphatic rings. The van der Waals surface area contributed by atoms with Crippen molar-refractivity contribution in [3.63, 3.8) is 0 Å². The predicted octanol–water partition coefficient (Wildman–Crippen LogP) is 1.38. The van der Waals surface area contributed by atoms with Crippen molar-refractivity contribution < 1.29 is 9.90 Å². The summed E-state index contributed by atoms with van der Waals surface area (Å²) in [5, 5.41) is 12.3. The van der Waals surface area contributed by atoms with Crippen LogP contribution in [0.25, 0.3) is 0 Å². The minimum Gasteiger partial charge on any atom is -0.480 e. The quantitative estimate of drug-likeness (QED) is 0.692. The van der Waals surface area contributed by atoms with Gasteiger partial charge in [-0.25, -0.2) is 0 Å². The highest BCUT2D eigenvalue weighted by molar-refractivity contribution is 5.79. The molecule has 0 heterocycles. The average molecular weight is 183 g/mol. The second-order valence-electron chi connectivity index (χ2n) is 4.42.